The number of anilines is 1. The quantitative estimate of drug-likeness (QED) is 0.690. The second kappa shape index (κ2) is 8.24. The molecule has 1 saturated heterocycles. The largest absolute Gasteiger partial charge is 0.393 e. The highest BCUT2D eigenvalue weighted by molar-refractivity contribution is 5.99. The SMILES string of the molecule is Nc1ncc(-c2ccc(CN3CC4(CCC4)C3)cc2)cc1C(=O)NC1CCC(O)CC1. The molecule has 31 heavy (non-hydrogen) atoms. The summed E-state index contributed by atoms with van der Waals surface area (Å²) in [7, 11) is 0. The first kappa shape index (κ1) is 20.5. The smallest absolute Gasteiger partial charge is 0.255 e. The Hall–Kier alpha value is -2.44. The first-order valence-electron chi connectivity index (χ1n) is 11.6. The van der Waals surface area contributed by atoms with Crippen molar-refractivity contribution in [3.8, 4) is 11.1 Å². The molecule has 2 saturated carbocycles. The number of nitrogens with one attached hydrogen (secondary N) is 1. The van der Waals surface area contributed by atoms with E-state index in [9.17, 15) is 9.90 Å². The first-order chi connectivity index (χ1) is 15.0. The fourth-order valence-corrected chi connectivity index (χ4v) is 5.37. The van der Waals surface area contributed by atoms with Crippen molar-refractivity contribution in [1.82, 2.24) is 15.2 Å². The number of hydrogen-bond acceptors (Lipinski definition) is 5. The van der Waals surface area contributed by atoms with Crippen LogP contribution in [0.4, 0.5) is 5.82 Å². The Morgan fingerprint density at radius 3 is 2.48 bits per heavy atom. The highest BCUT2D eigenvalue weighted by atomic mass is 16.3. The monoisotopic (exact) mass is 420 g/mol. The summed E-state index contributed by atoms with van der Waals surface area (Å²) < 4.78 is 0. The van der Waals surface area contributed by atoms with Gasteiger partial charge in [-0.15, -0.1) is 0 Å². The third-order valence-corrected chi connectivity index (χ3v) is 7.42. The second-order valence-corrected chi connectivity index (χ2v) is 9.83. The lowest BCUT2D eigenvalue weighted by Gasteiger charge is -2.56. The number of pyridine rings is 1. The number of hydrogen-bond donors (Lipinski definition) is 3. The zero-order chi connectivity index (χ0) is 21.4. The van der Waals surface area contributed by atoms with Gasteiger partial charge in [0.15, 0.2) is 0 Å². The number of likely N-dealkylation sites (tertiary alicyclic amines) is 1. The average Bonchev–Trinajstić information content (AvgIpc) is 2.71. The number of carbonyl (C=O) groups is 1. The van der Waals surface area contributed by atoms with Crippen LogP contribution in [0, 0.1) is 5.41 Å². The van der Waals surface area contributed by atoms with E-state index in [4.69, 9.17) is 5.73 Å². The minimum atomic E-state index is -0.244. The van der Waals surface area contributed by atoms with Gasteiger partial charge >= 0.3 is 0 Å². The third kappa shape index (κ3) is 4.32. The minimum Gasteiger partial charge on any atom is -0.393 e. The lowest BCUT2D eigenvalue weighted by Crippen LogP contribution is -2.58. The number of amides is 1. The molecule has 6 heteroatoms. The van der Waals surface area contributed by atoms with Crippen molar-refractivity contribution in [3.05, 3.63) is 47.7 Å². The normalized spacial score (nSPS) is 24.9. The molecule has 3 fully saturated rings. The van der Waals surface area contributed by atoms with Gasteiger partial charge in [-0.2, -0.15) is 0 Å². The van der Waals surface area contributed by atoms with E-state index in [1.807, 2.05) is 6.07 Å². The van der Waals surface area contributed by atoms with Crippen LogP contribution in [0.25, 0.3) is 11.1 Å². The number of nitrogens with two attached hydrogens (primary N) is 1. The third-order valence-electron chi connectivity index (χ3n) is 7.42. The van der Waals surface area contributed by atoms with Crippen LogP contribution in [0.3, 0.4) is 0 Å². The van der Waals surface area contributed by atoms with Gasteiger partial charge in [0, 0.05) is 37.4 Å². The van der Waals surface area contributed by atoms with Gasteiger partial charge in [0.2, 0.25) is 0 Å². The highest BCUT2D eigenvalue weighted by Gasteiger charge is 2.46. The molecule has 0 unspecified atom stereocenters. The van der Waals surface area contributed by atoms with Crippen molar-refractivity contribution >= 4 is 11.7 Å². The van der Waals surface area contributed by atoms with Gasteiger partial charge in [0.1, 0.15) is 5.82 Å². The Bertz CT molecular complexity index is 938. The molecule has 0 atom stereocenters. The molecule has 164 valence electrons. The molecule has 4 N–H and O–H groups in total. The number of carbonyl (C=O) groups excluding carboxylic acids is 1. The molecule has 0 radical (unpaired) electrons. The molecule has 1 spiro atoms. The Balaban J connectivity index is 1.23. The number of aliphatic hydroxyl groups is 1. The number of nitrogen functional groups attached to an aromatic ring is 1. The van der Waals surface area contributed by atoms with Gasteiger partial charge in [0.25, 0.3) is 5.91 Å². The predicted molar refractivity (Wildman–Crippen MR) is 121 cm³/mol. The van der Waals surface area contributed by atoms with Crippen molar-refractivity contribution in [1.29, 1.82) is 0 Å². The zero-order valence-electron chi connectivity index (χ0n) is 18.0. The molecule has 5 rings (SSSR count). The summed E-state index contributed by atoms with van der Waals surface area (Å²) in [5.41, 5.74) is 10.3. The van der Waals surface area contributed by atoms with E-state index in [1.165, 1.54) is 37.9 Å². The van der Waals surface area contributed by atoms with Crippen LogP contribution < -0.4 is 11.1 Å². The van der Waals surface area contributed by atoms with Crippen molar-refractivity contribution in [2.45, 2.75) is 63.6 Å². The van der Waals surface area contributed by atoms with Crippen LogP contribution in [-0.4, -0.2) is 46.1 Å². The molecule has 2 aromatic rings. The number of benzene rings is 1. The van der Waals surface area contributed by atoms with Crippen LogP contribution in [0.5, 0.6) is 0 Å². The topological polar surface area (TPSA) is 91.5 Å². The fourth-order valence-electron chi connectivity index (χ4n) is 5.37. The minimum absolute atomic E-state index is 0.0822. The molecule has 0 bridgehead atoms. The molecular weight excluding hydrogens is 388 g/mol. The molecule has 2 heterocycles. The van der Waals surface area contributed by atoms with Gasteiger partial charge in [0.05, 0.1) is 11.7 Å². The second-order valence-electron chi connectivity index (χ2n) is 9.83. The van der Waals surface area contributed by atoms with Crippen LogP contribution in [0.1, 0.15) is 60.9 Å². The van der Waals surface area contributed by atoms with Crippen molar-refractivity contribution in [2.75, 3.05) is 18.8 Å². The Kier molecular flexibility index (Phi) is 5.44. The summed E-state index contributed by atoms with van der Waals surface area (Å²) in [6.45, 7) is 3.50. The van der Waals surface area contributed by atoms with Crippen LogP contribution >= 0.6 is 0 Å². The van der Waals surface area contributed by atoms with Crippen LogP contribution in [-0.2, 0) is 6.54 Å². The van der Waals surface area contributed by atoms with E-state index in [2.05, 4.69) is 39.5 Å². The first-order valence-corrected chi connectivity index (χ1v) is 11.6. The summed E-state index contributed by atoms with van der Waals surface area (Å²) in [6.07, 6.45) is 8.74. The van der Waals surface area contributed by atoms with E-state index in [0.29, 0.717) is 11.0 Å². The average molecular weight is 421 g/mol. The summed E-state index contributed by atoms with van der Waals surface area (Å²) in [5, 5.41) is 12.7. The molecule has 1 aromatic carbocycles. The van der Waals surface area contributed by atoms with Crippen LogP contribution in [0.2, 0.25) is 0 Å². The molecule has 1 amide bonds. The Morgan fingerprint density at radius 2 is 1.84 bits per heavy atom. The van der Waals surface area contributed by atoms with E-state index in [1.54, 1.807) is 6.20 Å². The van der Waals surface area contributed by atoms with E-state index >= 15 is 0 Å². The van der Waals surface area contributed by atoms with E-state index in [-0.39, 0.29) is 23.9 Å². The number of aliphatic hydroxyl groups excluding tert-OH is 1. The van der Waals surface area contributed by atoms with Gasteiger partial charge in [-0.05, 0) is 61.1 Å². The number of rotatable bonds is 5. The molecule has 2 aliphatic carbocycles. The summed E-state index contributed by atoms with van der Waals surface area (Å²) >= 11 is 0. The van der Waals surface area contributed by atoms with E-state index < -0.39 is 0 Å². The molecule has 3 aliphatic rings. The highest BCUT2D eigenvalue weighted by Crippen LogP contribution is 2.48. The zero-order valence-corrected chi connectivity index (χ0v) is 18.0. The molecule has 6 nitrogen and oxygen atoms in total. The van der Waals surface area contributed by atoms with Gasteiger partial charge in [-0.3, -0.25) is 9.69 Å². The summed E-state index contributed by atoms with van der Waals surface area (Å²) in [6, 6.07) is 10.5. The van der Waals surface area contributed by atoms with Crippen molar-refractivity contribution in [3.63, 3.8) is 0 Å². The predicted octanol–water partition coefficient (Wildman–Crippen LogP) is 3.35. The Labute approximate surface area is 183 Å². The maximum absolute atomic E-state index is 12.8. The molecule has 1 aliphatic heterocycles. The van der Waals surface area contributed by atoms with Gasteiger partial charge < -0.3 is 16.2 Å². The molecular formula is C25H32N4O2. The lowest BCUT2D eigenvalue weighted by atomic mass is 9.63. The lowest BCUT2D eigenvalue weighted by molar-refractivity contribution is -0.0645. The number of nitrogens with zero attached hydrogens (tertiary/aromatic N) is 2. The Morgan fingerprint density at radius 1 is 1.13 bits per heavy atom. The van der Waals surface area contributed by atoms with Gasteiger partial charge in [-0.25, -0.2) is 4.98 Å². The number of aromatic nitrogens is 1. The fraction of sp³-hybridized carbons (Fsp3) is 0.520. The van der Waals surface area contributed by atoms with Crippen molar-refractivity contribution < 1.29 is 9.90 Å². The van der Waals surface area contributed by atoms with Gasteiger partial charge in [-0.1, -0.05) is 30.7 Å². The van der Waals surface area contributed by atoms with E-state index in [0.717, 1.165) is 43.4 Å². The summed E-state index contributed by atoms with van der Waals surface area (Å²) in [5.74, 6) is 0.0592. The maximum atomic E-state index is 12.8. The maximum Gasteiger partial charge on any atom is 0.255 e. The molecule has 1 aromatic heterocycles. The van der Waals surface area contributed by atoms with Crippen molar-refractivity contribution in [2.24, 2.45) is 5.41 Å². The summed E-state index contributed by atoms with van der Waals surface area (Å²) in [4.78, 5) is 19.6. The van der Waals surface area contributed by atoms with Crippen LogP contribution in [0.15, 0.2) is 36.5 Å². The standard InChI is InChI=1S/C25H32N4O2/c26-23-22(24(31)28-20-6-8-21(30)9-7-20)12-19(13-27-23)18-4-2-17(3-5-18)14-29-15-25(16-29)10-1-11-25/h2-5,12-13,20-21,30H,1,6-11,14-16H2,(H2,26,27)(H,28,31).